The molecule has 1 saturated heterocycles. The van der Waals surface area contributed by atoms with Crippen molar-refractivity contribution in [2.75, 3.05) is 6.54 Å². The average Bonchev–Trinajstić information content (AvgIpc) is 3.42. The van der Waals surface area contributed by atoms with E-state index in [4.69, 9.17) is 0 Å². The van der Waals surface area contributed by atoms with E-state index in [2.05, 4.69) is 16.0 Å². The Kier molecular flexibility index (Phi) is 7.29. The van der Waals surface area contributed by atoms with E-state index in [0.29, 0.717) is 24.9 Å². The van der Waals surface area contributed by atoms with Gasteiger partial charge in [0.15, 0.2) is 0 Å². The third-order valence-electron chi connectivity index (χ3n) is 6.56. The second-order valence-corrected chi connectivity index (χ2v) is 9.13. The Balaban J connectivity index is 1.53. The van der Waals surface area contributed by atoms with E-state index in [-0.39, 0.29) is 30.6 Å². The Morgan fingerprint density at radius 2 is 1.89 bits per heavy atom. The predicted octanol–water partition coefficient (Wildman–Crippen LogP) is 2.04. The number of rotatable bonds is 9. The monoisotopic (exact) mass is 474 g/mol. The molecule has 3 N–H and O–H groups in total. The van der Waals surface area contributed by atoms with Crippen LogP contribution in [0, 0.1) is 12.8 Å². The number of carbonyl (C=O) groups is 4. The second-order valence-electron chi connectivity index (χ2n) is 9.13. The van der Waals surface area contributed by atoms with Crippen LogP contribution < -0.4 is 16.0 Å². The number of nitrogens with one attached hydrogen (secondary N) is 3. The highest BCUT2D eigenvalue weighted by Crippen LogP contribution is 2.19. The Morgan fingerprint density at radius 1 is 1.14 bits per heavy atom. The van der Waals surface area contributed by atoms with Gasteiger partial charge in [0.05, 0.1) is 6.04 Å². The molecule has 3 atom stereocenters. The molecule has 8 nitrogen and oxygen atoms in total. The number of aldehydes is 1. The van der Waals surface area contributed by atoms with Gasteiger partial charge in [-0.25, -0.2) is 0 Å². The minimum Gasteiger partial charge on any atom is -0.356 e. The van der Waals surface area contributed by atoms with Crippen molar-refractivity contribution < 1.29 is 19.2 Å². The number of nitrogens with zero attached hydrogens (tertiary/aromatic N) is 1. The Labute approximate surface area is 204 Å². The first-order valence-electron chi connectivity index (χ1n) is 11.8. The van der Waals surface area contributed by atoms with Crippen molar-refractivity contribution in [3.63, 3.8) is 0 Å². The Bertz CT molecular complexity index is 1250. The number of carbonyl (C=O) groups excluding carboxylic acids is 4. The van der Waals surface area contributed by atoms with Crippen molar-refractivity contribution in [1.29, 1.82) is 0 Å². The first-order chi connectivity index (χ1) is 16.9. The molecule has 0 radical (unpaired) electrons. The van der Waals surface area contributed by atoms with Crippen LogP contribution in [-0.4, -0.2) is 47.2 Å². The molecular formula is C27H30N4O4. The fourth-order valence-corrected chi connectivity index (χ4v) is 4.52. The Morgan fingerprint density at radius 3 is 2.54 bits per heavy atom. The predicted molar refractivity (Wildman–Crippen MR) is 133 cm³/mol. The maximum absolute atomic E-state index is 13.3. The molecule has 8 heteroatoms. The SMILES string of the molecule is Cc1ccc(C[C@H](NC(=O)c2cc3ccccc3n2C)C(=O)N[C@H](C=O)C[C@@H]2CCNC2=O)cc1. The third kappa shape index (κ3) is 5.59. The molecule has 1 aromatic heterocycles. The zero-order chi connectivity index (χ0) is 24.9. The summed E-state index contributed by atoms with van der Waals surface area (Å²) in [5, 5.41) is 9.27. The highest BCUT2D eigenvalue weighted by Gasteiger charge is 2.30. The minimum atomic E-state index is -0.900. The van der Waals surface area contributed by atoms with Gasteiger partial charge in [0.1, 0.15) is 18.0 Å². The number of aromatic nitrogens is 1. The summed E-state index contributed by atoms with van der Waals surface area (Å²) in [6, 6.07) is 15.5. The van der Waals surface area contributed by atoms with Crippen LogP contribution in [0.4, 0.5) is 0 Å². The molecule has 2 heterocycles. The van der Waals surface area contributed by atoms with Gasteiger partial charge in [-0.3, -0.25) is 14.4 Å². The van der Waals surface area contributed by atoms with E-state index in [1.165, 1.54) is 0 Å². The number of hydrogen-bond donors (Lipinski definition) is 3. The third-order valence-corrected chi connectivity index (χ3v) is 6.56. The van der Waals surface area contributed by atoms with Crippen molar-refractivity contribution in [2.24, 2.45) is 13.0 Å². The first-order valence-corrected chi connectivity index (χ1v) is 11.8. The lowest BCUT2D eigenvalue weighted by Crippen LogP contribution is -2.51. The van der Waals surface area contributed by atoms with Crippen LogP contribution in [0.25, 0.3) is 10.9 Å². The molecule has 182 valence electrons. The summed E-state index contributed by atoms with van der Waals surface area (Å²) in [4.78, 5) is 50.1. The van der Waals surface area contributed by atoms with E-state index in [0.717, 1.165) is 22.0 Å². The number of para-hydroxylation sites is 1. The summed E-state index contributed by atoms with van der Waals surface area (Å²) < 4.78 is 1.79. The van der Waals surface area contributed by atoms with Gasteiger partial charge in [0.25, 0.3) is 5.91 Å². The van der Waals surface area contributed by atoms with Crippen molar-refractivity contribution >= 4 is 34.9 Å². The lowest BCUT2D eigenvalue weighted by atomic mass is 9.98. The molecule has 35 heavy (non-hydrogen) atoms. The van der Waals surface area contributed by atoms with E-state index in [1.54, 1.807) is 17.7 Å². The second kappa shape index (κ2) is 10.5. The lowest BCUT2D eigenvalue weighted by molar-refractivity contribution is -0.127. The molecular weight excluding hydrogens is 444 g/mol. The molecule has 0 aliphatic carbocycles. The topological polar surface area (TPSA) is 109 Å². The molecule has 0 spiro atoms. The maximum Gasteiger partial charge on any atom is 0.268 e. The quantitative estimate of drug-likeness (QED) is 0.412. The molecule has 0 unspecified atom stereocenters. The highest BCUT2D eigenvalue weighted by molar-refractivity contribution is 6.01. The fourth-order valence-electron chi connectivity index (χ4n) is 4.52. The molecule has 3 amide bonds. The largest absolute Gasteiger partial charge is 0.356 e. The average molecular weight is 475 g/mol. The number of fused-ring (bicyclic) bond motifs is 1. The van der Waals surface area contributed by atoms with Crippen LogP contribution in [0.15, 0.2) is 54.6 Å². The molecule has 2 aromatic carbocycles. The molecule has 1 aliphatic heterocycles. The van der Waals surface area contributed by atoms with E-state index >= 15 is 0 Å². The van der Waals surface area contributed by atoms with Crippen LogP contribution >= 0.6 is 0 Å². The van der Waals surface area contributed by atoms with Gasteiger partial charge in [-0.15, -0.1) is 0 Å². The molecule has 0 saturated carbocycles. The van der Waals surface area contributed by atoms with Crippen LogP contribution in [0.3, 0.4) is 0 Å². The molecule has 4 rings (SSSR count). The van der Waals surface area contributed by atoms with Gasteiger partial charge in [0.2, 0.25) is 11.8 Å². The highest BCUT2D eigenvalue weighted by atomic mass is 16.2. The zero-order valence-electron chi connectivity index (χ0n) is 19.9. The van der Waals surface area contributed by atoms with Crippen LogP contribution in [0.2, 0.25) is 0 Å². The summed E-state index contributed by atoms with van der Waals surface area (Å²) in [7, 11) is 1.81. The first kappa shape index (κ1) is 24.2. The summed E-state index contributed by atoms with van der Waals surface area (Å²) in [6.45, 7) is 2.55. The molecule has 1 aliphatic rings. The van der Waals surface area contributed by atoms with Crippen LogP contribution in [-0.2, 0) is 27.9 Å². The zero-order valence-corrected chi connectivity index (χ0v) is 19.9. The number of hydrogen-bond acceptors (Lipinski definition) is 4. The van der Waals surface area contributed by atoms with E-state index in [9.17, 15) is 19.2 Å². The standard InChI is InChI=1S/C27H30N4O4/c1-17-7-9-18(10-8-17)13-22(26(34)29-21(16-32)14-20-11-12-28-25(20)33)30-27(35)24-15-19-5-3-4-6-23(19)31(24)2/h3-10,15-16,20-22H,11-14H2,1-2H3,(H,28,33)(H,29,34)(H,30,35)/t20-,21-,22-/m0/s1. The lowest BCUT2D eigenvalue weighted by Gasteiger charge is -2.22. The smallest absolute Gasteiger partial charge is 0.268 e. The molecule has 0 bridgehead atoms. The number of aryl methyl sites for hydroxylation is 2. The van der Waals surface area contributed by atoms with Gasteiger partial charge in [-0.1, -0.05) is 48.0 Å². The van der Waals surface area contributed by atoms with Crippen LogP contribution in [0.1, 0.15) is 34.5 Å². The van der Waals surface area contributed by atoms with Crippen molar-refractivity contribution in [2.45, 2.75) is 38.3 Å². The molecule has 1 fully saturated rings. The van der Waals surface area contributed by atoms with Gasteiger partial charge >= 0.3 is 0 Å². The van der Waals surface area contributed by atoms with Gasteiger partial charge in [0, 0.05) is 36.8 Å². The van der Waals surface area contributed by atoms with E-state index in [1.807, 2.05) is 55.5 Å². The number of benzene rings is 2. The minimum absolute atomic E-state index is 0.105. The summed E-state index contributed by atoms with van der Waals surface area (Å²) >= 11 is 0. The fraction of sp³-hybridized carbons (Fsp3) is 0.333. The van der Waals surface area contributed by atoms with E-state index < -0.39 is 18.0 Å². The molecule has 3 aromatic rings. The van der Waals surface area contributed by atoms with Crippen molar-refractivity contribution in [1.82, 2.24) is 20.5 Å². The van der Waals surface area contributed by atoms with Crippen LogP contribution in [0.5, 0.6) is 0 Å². The van der Waals surface area contributed by atoms with Gasteiger partial charge in [-0.2, -0.15) is 0 Å². The summed E-state index contributed by atoms with van der Waals surface area (Å²) in [6.07, 6.45) is 1.77. The number of amides is 3. The normalized spacial score (nSPS) is 17.0. The Hall–Kier alpha value is -3.94. The van der Waals surface area contributed by atoms with Crippen molar-refractivity contribution in [3.05, 3.63) is 71.4 Å². The summed E-state index contributed by atoms with van der Waals surface area (Å²) in [5.74, 6) is -1.26. The van der Waals surface area contributed by atoms with Gasteiger partial charge in [-0.05, 0) is 37.5 Å². The summed E-state index contributed by atoms with van der Waals surface area (Å²) in [5.41, 5.74) is 3.31. The maximum atomic E-state index is 13.3. The van der Waals surface area contributed by atoms with Crippen molar-refractivity contribution in [3.8, 4) is 0 Å². The van der Waals surface area contributed by atoms with Gasteiger partial charge < -0.3 is 25.3 Å².